The fourth-order valence-corrected chi connectivity index (χ4v) is 3.27. The SMILES string of the molecule is C/C=C/CCC1(C)CC1CN(CC1CC1)C(=O)C(C)(C)C. The van der Waals surface area contributed by atoms with E-state index >= 15 is 0 Å². The van der Waals surface area contributed by atoms with Gasteiger partial charge in [-0.3, -0.25) is 4.79 Å². The van der Waals surface area contributed by atoms with E-state index in [0.717, 1.165) is 19.0 Å². The highest BCUT2D eigenvalue weighted by molar-refractivity contribution is 5.81. The first-order valence-corrected chi connectivity index (χ1v) is 8.67. The molecular formula is C19H33NO. The molecule has 1 amide bonds. The molecule has 0 aromatic rings. The van der Waals surface area contributed by atoms with Crippen LogP contribution in [0.15, 0.2) is 12.2 Å². The lowest BCUT2D eigenvalue weighted by atomic mass is 9.93. The second-order valence-corrected chi connectivity index (χ2v) is 8.57. The Morgan fingerprint density at radius 3 is 2.48 bits per heavy atom. The van der Waals surface area contributed by atoms with Crippen molar-refractivity contribution < 1.29 is 4.79 Å². The van der Waals surface area contributed by atoms with Gasteiger partial charge in [0.2, 0.25) is 5.91 Å². The number of rotatable bonds is 7. The molecule has 120 valence electrons. The smallest absolute Gasteiger partial charge is 0.227 e. The maximum absolute atomic E-state index is 12.7. The van der Waals surface area contributed by atoms with E-state index in [1.54, 1.807) is 0 Å². The van der Waals surface area contributed by atoms with Crippen LogP contribution in [0.25, 0.3) is 0 Å². The first-order chi connectivity index (χ1) is 9.76. The van der Waals surface area contributed by atoms with E-state index in [4.69, 9.17) is 0 Å². The zero-order valence-electron chi connectivity index (χ0n) is 14.6. The molecule has 0 spiro atoms. The van der Waals surface area contributed by atoms with Crippen molar-refractivity contribution in [3.63, 3.8) is 0 Å². The summed E-state index contributed by atoms with van der Waals surface area (Å²) in [5.41, 5.74) is 0.227. The van der Waals surface area contributed by atoms with Gasteiger partial charge in [0.1, 0.15) is 0 Å². The normalized spacial score (nSPS) is 28.9. The highest BCUT2D eigenvalue weighted by atomic mass is 16.2. The molecule has 0 radical (unpaired) electrons. The molecule has 2 nitrogen and oxygen atoms in total. The van der Waals surface area contributed by atoms with Crippen molar-refractivity contribution in [2.24, 2.45) is 22.7 Å². The molecule has 0 aromatic carbocycles. The van der Waals surface area contributed by atoms with Gasteiger partial charge in [-0.1, -0.05) is 39.8 Å². The summed E-state index contributed by atoms with van der Waals surface area (Å²) in [6.07, 6.45) is 10.8. The van der Waals surface area contributed by atoms with Gasteiger partial charge < -0.3 is 4.90 Å². The minimum absolute atomic E-state index is 0.245. The summed E-state index contributed by atoms with van der Waals surface area (Å²) < 4.78 is 0. The van der Waals surface area contributed by atoms with E-state index in [1.165, 1.54) is 32.1 Å². The number of nitrogens with zero attached hydrogens (tertiary/aromatic N) is 1. The van der Waals surface area contributed by atoms with Crippen molar-refractivity contribution in [3.8, 4) is 0 Å². The lowest BCUT2D eigenvalue weighted by Gasteiger charge is -2.30. The van der Waals surface area contributed by atoms with Gasteiger partial charge >= 0.3 is 0 Å². The largest absolute Gasteiger partial charge is 0.342 e. The summed E-state index contributed by atoms with van der Waals surface area (Å²) >= 11 is 0. The van der Waals surface area contributed by atoms with Crippen LogP contribution in [0, 0.1) is 22.7 Å². The predicted octanol–water partition coefficient (Wildman–Crippen LogP) is 4.65. The summed E-state index contributed by atoms with van der Waals surface area (Å²) in [6, 6.07) is 0. The third-order valence-corrected chi connectivity index (χ3v) is 5.20. The summed E-state index contributed by atoms with van der Waals surface area (Å²) in [5, 5.41) is 0. The van der Waals surface area contributed by atoms with Crippen LogP contribution in [-0.2, 0) is 4.79 Å². The van der Waals surface area contributed by atoms with E-state index in [2.05, 4.69) is 30.9 Å². The van der Waals surface area contributed by atoms with Gasteiger partial charge in [-0.05, 0) is 56.3 Å². The van der Waals surface area contributed by atoms with Gasteiger partial charge in [0.25, 0.3) is 0 Å². The van der Waals surface area contributed by atoms with E-state index in [1.807, 2.05) is 20.8 Å². The molecule has 0 N–H and O–H groups in total. The Kier molecular flexibility index (Phi) is 4.85. The molecule has 2 aliphatic carbocycles. The fraction of sp³-hybridized carbons (Fsp3) is 0.842. The van der Waals surface area contributed by atoms with Crippen LogP contribution in [0.2, 0.25) is 0 Å². The summed E-state index contributed by atoms with van der Waals surface area (Å²) in [6.45, 7) is 12.6. The van der Waals surface area contributed by atoms with E-state index in [0.29, 0.717) is 17.2 Å². The third kappa shape index (κ3) is 4.59. The monoisotopic (exact) mass is 291 g/mol. The molecule has 0 aliphatic heterocycles. The number of hydrogen-bond donors (Lipinski definition) is 0. The summed E-state index contributed by atoms with van der Waals surface area (Å²) in [7, 11) is 0. The van der Waals surface area contributed by atoms with Crippen LogP contribution in [0.4, 0.5) is 0 Å². The van der Waals surface area contributed by atoms with Crippen LogP contribution in [-0.4, -0.2) is 23.9 Å². The zero-order valence-corrected chi connectivity index (χ0v) is 14.6. The maximum Gasteiger partial charge on any atom is 0.227 e. The number of amides is 1. The zero-order chi connectivity index (χ0) is 15.7. The van der Waals surface area contributed by atoms with Crippen molar-refractivity contribution in [2.75, 3.05) is 13.1 Å². The topological polar surface area (TPSA) is 20.3 Å². The van der Waals surface area contributed by atoms with Crippen molar-refractivity contribution >= 4 is 5.91 Å². The second kappa shape index (κ2) is 6.14. The minimum atomic E-state index is -0.245. The number of allylic oxidation sites excluding steroid dienone is 2. The maximum atomic E-state index is 12.7. The number of carbonyl (C=O) groups is 1. The Balaban J connectivity index is 1.89. The molecular weight excluding hydrogens is 258 g/mol. The Hall–Kier alpha value is -0.790. The first-order valence-electron chi connectivity index (χ1n) is 8.67. The van der Waals surface area contributed by atoms with Crippen LogP contribution in [0.3, 0.4) is 0 Å². The standard InChI is InChI=1S/C19H33NO/c1-6-7-8-11-19(5)12-16(19)14-20(13-15-9-10-15)17(21)18(2,3)4/h6-7,15-16H,8-14H2,1-5H3/b7-6+. The van der Waals surface area contributed by atoms with Crippen molar-refractivity contribution in [1.29, 1.82) is 0 Å². The predicted molar refractivity (Wildman–Crippen MR) is 89.0 cm³/mol. The van der Waals surface area contributed by atoms with Crippen molar-refractivity contribution in [1.82, 2.24) is 4.90 Å². The average molecular weight is 291 g/mol. The number of carbonyl (C=O) groups excluding carboxylic acids is 1. The van der Waals surface area contributed by atoms with Crippen LogP contribution in [0.5, 0.6) is 0 Å². The van der Waals surface area contributed by atoms with E-state index < -0.39 is 0 Å². The molecule has 2 unspecified atom stereocenters. The van der Waals surface area contributed by atoms with Gasteiger partial charge in [0.05, 0.1) is 0 Å². The summed E-state index contributed by atoms with van der Waals surface area (Å²) in [4.78, 5) is 14.9. The fourth-order valence-electron chi connectivity index (χ4n) is 3.27. The van der Waals surface area contributed by atoms with E-state index in [9.17, 15) is 4.79 Å². The third-order valence-electron chi connectivity index (χ3n) is 5.20. The highest BCUT2D eigenvalue weighted by Gasteiger charge is 2.50. The lowest BCUT2D eigenvalue weighted by molar-refractivity contribution is -0.140. The second-order valence-electron chi connectivity index (χ2n) is 8.57. The number of hydrogen-bond acceptors (Lipinski definition) is 1. The molecule has 21 heavy (non-hydrogen) atoms. The van der Waals surface area contributed by atoms with Gasteiger partial charge in [-0.25, -0.2) is 0 Å². The van der Waals surface area contributed by atoms with Crippen molar-refractivity contribution in [2.45, 2.75) is 66.7 Å². The Morgan fingerprint density at radius 1 is 1.29 bits per heavy atom. The van der Waals surface area contributed by atoms with Crippen LogP contribution >= 0.6 is 0 Å². The molecule has 2 atom stereocenters. The molecule has 2 fully saturated rings. The van der Waals surface area contributed by atoms with Gasteiger partial charge in [0, 0.05) is 18.5 Å². The molecule has 0 saturated heterocycles. The van der Waals surface area contributed by atoms with E-state index in [-0.39, 0.29) is 5.41 Å². The Morgan fingerprint density at radius 2 is 1.95 bits per heavy atom. The van der Waals surface area contributed by atoms with Gasteiger partial charge in [-0.15, -0.1) is 0 Å². The minimum Gasteiger partial charge on any atom is -0.342 e. The Bertz CT molecular complexity index is 402. The summed E-state index contributed by atoms with van der Waals surface area (Å²) in [5.74, 6) is 1.84. The highest BCUT2D eigenvalue weighted by Crippen LogP contribution is 2.56. The van der Waals surface area contributed by atoms with Gasteiger partial charge in [0.15, 0.2) is 0 Å². The lowest BCUT2D eigenvalue weighted by Crippen LogP contribution is -2.42. The molecule has 2 heteroatoms. The molecule has 0 aromatic heterocycles. The molecule has 2 aliphatic rings. The molecule has 2 saturated carbocycles. The van der Waals surface area contributed by atoms with Crippen LogP contribution < -0.4 is 0 Å². The molecule has 0 heterocycles. The first kappa shape index (κ1) is 16.6. The molecule has 0 bridgehead atoms. The average Bonchev–Trinajstić information content (AvgIpc) is 3.28. The van der Waals surface area contributed by atoms with Gasteiger partial charge in [-0.2, -0.15) is 0 Å². The molecule has 2 rings (SSSR count). The quantitative estimate of drug-likeness (QED) is 0.625. The van der Waals surface area contributed by atoms with Crippen molar-refractivity contribution in [3.05, 3.63) is 12.2 Å². The Labute approximate surface area is 131 Å². The van der Waals surface area contributed by atoms with Crippen LogP contribution in [0.1, 0.15) is 66.7 Å².